The van der Waals surface area contributed by atoms with Crippen molar-refractivity contribution in [3.8, 4) is 0 Å². The molecule has 0 spiro atoms. The van der Waals surface area contributed by atoms with Crippen molar-refractivity contribution >= 4 is 16.0 Å². The molecule has 0 saturated heterocycles. The summed E-state index contributed by atoms with van der Waals surface area (Å²) in [6.45, 7) is 2.58. The topological polar surface area (TPSA) is 126 Å². The van der Waals surface area contributed by atoms with E-state index in [9.17, 15) is 8.42 Å². The van der Waals surface area contributed by atoms with Crippen LogP contribution in [0.25, 0.3) is 0 Å². The Morgan fingerprint density at radius 1 is 1.26 bits per heavy atom. The Kier molecular flexibility index (Phi) is 4.02. The third kappa shape index (κ3) is 3.45. The molecule has 0 aliphatic carbocycles. The highest BCUT2D eigenvalue weighted by Gasteiger charge is 2.15. The van der Waals surface area contributed by atoms with Gasteiger partial charge in [0, 0.05) is 6.54 Å². The Labute approximate surface area is 110 Å². The van der Waals surface area contributed by atoms with Crippen molar-refractivity contribution in [2.45, 2.75) is 18.4 Å². The molecule has 2 rings (SSSR count). The highest BCUT2D eigenvalue weighted by Crippen LogP contribution is 2.07. The molecule has 2 aromatic rings. The molecule has 2 heterocycles. The summed E-state index contributed by atoms with van der Waals surface area (Å²) in [6.07, 6.45) is 3.79. The van der Waals surface area contributed by atoms with Crippen LogP contribution >= 0.6 is 0 Å². The summed E-state index contributed by atoms with van der Waals surface area (Å²) in [7, 11) is -3.66. The fourth-order valence-electron chi connectivity index (χ4n) is 1.27. The number of nitrogens with zero attached hydrogens (tertiary/aromatic N) is 4. The average Bonchev–Trinajstić information content (AvgIpc) is 2.91. The maximum absolute atomic E-state index is 11.9. The molecule has 2 aromatic heterocycles. The minimum Gasteiger partial charge on any atom is -0.355 e. The monoisotopic (exact) mass is 283 g/mol. The Balaban J connectivity index is 2.06. The number of hydrogen-bond acceptors (Lipinski definition) is 7. The number of aromatic amines is 1. The molecule has 0 aliphatic rings. The number of sulfonamides is 1. The fourth-order valence-corrected chi connectivity index (χ4v) is 2.14. The van der Waals surface area contributed by atoms with Crippen molar-refractivity contribution < 1.29 is 8.42 Å². The highest BCUT2D eigenvalue weighted by molar-refractivity contribution is 7.89. The quantitative estimate of drug-likeness (QED) is 0.652. The molecule has 0 saturated carbocycles. The molecule has 0 unspecified atom stereocenters. The predicted octanol–water partition coefficient (Wildman–Crippen LogP) is -0.495. The van der Waals surface area contributed by atoms with E-state index < -0.39 is 10.0 Å². The van der Waals surface area contributed by atoms with E-state index in [1.54, 1.807) is 0 Å². The van der Waals surface area contributed by atoms with Gasteiger partial charge in [0.25, 0.3) is 0 Å². The predicted molar refractivity (Wildman–Crippen MR) is 66.6 cm³/mol. The SMILES string of the molecule is CCNc1ncc(S(=O)(=O)NCc2ncn[nH]2)cn1. The molecule has 0 radical (unpaired) electrons. The van der Waals surface area contributed by atoms with Crippen LogP contribution < -0.4 is 10.0 Å². The normalized spacial score (nSPS) is 11.4. The minimum absolute atomic E-state index is 0.00586. The molecule has 0 amide bonds. The van der Waals surface area contributed by atoms with Gasteiger partial charge in [-0.05, 0) is 6.92 Å². The van der Waals surface area contributed by atoms with Crippen molar-refractivity contribution in [1.82, 2.24) is 29.9 Å². The summed E-state index contributed by atoms with van der Waals surface area (Å²) < 4.78 is 26.2. The van der Waals surface area contributed by atoms with Gasteiger partial charge in [-0.3, -0.25) is 5.10 Å². The van der Waals surface area contributed by atoms with Crippen molar-refractivity contribution in [3.63, 3.8) is 0 Å². The molecule has 19 heavy (non-hydrogen) atoms. The molecule has 0 fully saturated rings. The van der Waals surface area contributed by atoms with Gasteiger partial charge in [-0.2, -0.15) is 5.10 Å². The minimum atomic E-state index is -3.66. The molecule has 0 atom stereocenters. The summed E-state index contributed by atoms with van der Waals surface area (Å²) in [5.74, 6) is 0.811. The average molecular weight is 283 g/mol. The molecule has 0 bridgehead atoms. The summed E-state index contributed by atoms with van der Waals surface area (Å²) in [4.78, 5) is 11.6. The van der Waals surface area contributed by atoms with E-state index in [1.165, 1.54) is 18.7 Å². The molecule has 0 aromatic carbocycles. The van der Waals surface area contributed by atoms with Crippen LogP contribution in [0.15, 0.2) is 23.6 Å². The number of H-pyrrole nitrogens is 1. The van der Waals surface area contributed by atoms with E-state index in [2.05, 4.69) is 35.2 Å². The second-order valence-electron chi connectivity index (χ2n) is 3.53. The molecular weight excluding hydrogens is 270 g/mol. The zero-order chi connectivity index (χ0) is 13.7. The smallest absolute Gasteiger partial charge is 0.244 e. The second-order valence-corrected chi connectivity index (χ2v) is 5.30. The van der Waals surface area contributed by atoms with Gasteiger partial charge >= 0.3 is 0 Å². The van der Waals surface area contributed by atoms with Crippen molar-refractivity contribution in [2.24, 2.45) is 0 Å². The zero-order valence-corrected chi connectivity index (χ0v) is 11.0. The van der Waals surface area contributed by atoms with Gasteiger partial charge in [-0.25, -0.2) is 28.1 Å². The van der Waals surface area contributed by atoms with Gasteiger partial charge < -0.3 is 5.32 Å². The number of aromatic nitrogens is 5. The fraction of sp³-hybridized carbons (Fsp3) is 0.333. The van der Waals surface area contributed by atoms with Crippen LogP contribution in [0.3, 0.4) is 0 Å². The van der Waals surface area contributed by atoms with E-state index in [-0.39, 0.29) is 11.4 Å². The molecular formula is C9H13N7O2S. The van der Waals surface area contributed by atoms with Crippen molar-refractivity contribution in [1.29, 1.82) is 0 Å². The van der Waals surface area contributed by atoms with Crippen LogP contribution in [0.4, 0.5) is 5.95 Å². The number of hydrogen-bond donors (Lipinski definition) is 3. The van der Waals surface area contributed by atoms with Gasteiger partial charge in [0.2, 0.25) is 16.0 Å². The van der Waals surface area contributed by atoms with Gasteiger partial charge in [0.15, 0.2) is 0 Å². The van der Waals surface area contributed by atoms with Crippen molar-refractivity contribution in [2.75, 3.05) is 11.9 Å². The molecule has 9 nitrogen and oxygen atoms in total. The van der Waals surface area contributed by atoms with Gasteiger partial charge in [-0.1, -0.05) is 0 Å². The molecule has 102 valence electrons. The Bertz CT molecular complexity index is 609. The maximum atomic E-state index is 11.9. The van der Waals surface area contributed by atoms with Crippen LogP contribution in [0, 0.1) is 0 Å². The first-order valence-corrected chi connectivity index (χ1v) is 7.00. The van der Waals surface area contributed by atoms with E-state index in [1.807, 2.05) is 6.92 Å². The summed E-state index contributed by atoms with van der Waals surface area (Å²) in [5.41, 5.74) is 0. The first kappa shape index (κ1) is 13.4. The number of anilines is 1. The van der Waals surface area contributed by atoms with Crippen LogP contribution in [0.5, 0.6) is 0 Å². The van der Waals surface area contributed by atoms with Gasteiger partial charge in [-0.15, -0.1) is 0 Å². The number of rotatable bonds is 6. The lowest BCUT2D eigenvalue weighted by atomic mass is 10.6. The van der Waals surface area contributed by atoms with Crippen molar-refractivity contribution in [3.05, 3.63) is 24.5 Å². The molecule has 10 heteroatoms. The van der Waals surface area contributed by atoms with Crippen LogP contribution in [0.1, 0.15) is 12.7 Å². The first-order valence-electron chi connectivity index (χ1n) is 5.51. The van der Waals surface area contributed by atoms with E-state index >= 15 is 0 Å². The third-order valence-electron chi connectivity index (χ3n) is 2.17. The van der Waals surface area contributed by atoms with Gasteiger partial charge in [0.1, 0.15) is 17.0 Å². The van der Waals surface area contributed by atoms with Crippen LogP contribution in [-0.2, 0) is 16.6 Å². The van der Waals surface area contributed by atoms with Crippen LogP contribution in [-0.4, -0.2) is 40.1 Å². The summed E-state index contributed by atoms with van der Waals surface area (Å²) in [5, 5.41) is 9.06. The van der Waals surface area contributed by atoms with E-state index in [4.69, 9.17) is 0 Å². The summed E-state index contributed by atoms with van der Waals surface area (Å²) in [6, 6.07) is 0. The highest BCUT2D eigenvalue weighted by atomic mass is 32.2. The third-order valence-corrected chi connectivity index (χ3v) is 3.52. The largest absolute Gasteiger partial charge is 0.355 e. The number of nitrogens with one attached hydrogen (secondary N) is 3. The molecule has 3 N–H and O–H groups in total. The maximum Gasteiger partial charge on any atom is 0.244 e. The standard InChI is InChI=1S/C9H13N7O2S/c1-2-10-9-11-3-7(4-12-9)19(17,18)15-5-8-13-6-14-16-8/h3-4,6,15H,2,5H2,1H3,(H,10,11,12)(H,13,14,16). The lowest BCUT2D eigenvalue weighted by Gasteiger charge is -2.05. The van der Waals surface area contributed by atoms with Gasteiger partial charge in [0.05, 0.1) is 18.9 Å². The Morgan fingerprint density at radius 2 is 2.00 bits per heavy atom. The van der Waals surface area contributed by atoms with E-state index in [0.29, 0.717) is 18.3 Å². The van der Waals surface area contributed by atoms with Crippen LogP contribution in [0.2, 0.25) is 0 Å². The Morgan fingerprint density at radius 3 is 2.58 bits per heavy atom. The molecule has 0 aliphatic heterocycles. The zero-order valence-electron chi connectivity index (χ0n) is 10.2. The first-order chi connectivity index (χ1) is 9.12. The Hall–Kier alpha value is -2.07. The lowest BCUT2D eigenvalue weighted by molar-refractivity contribution is 0.578. The lowest BCUT2D eigenvalue weighted by Crippen LogP contribution is -2.24. The second kappa shape index (κ2) is 5.71. The van der Waals surface area contributed by atoms with E-state index in [0.717, 1.165) is 0 Å². The summed E-state index contributed by atoms with van der Waals surface area (Å²) >= 11 is 0.